The second-order valence-corrected chi connectivity index (χ2v) is 9.41. The van der Waals surface area contributed by atoms with Gasteiger partial charge in [0, 0.05) is 20.6 Å². The maximum absolute atomic E-state index is 12.9. The van der Waals surface area contributed by atoms with E-state index in [1.54, 1.807) is 13.0 Å². The van der Waals surface area contributed by atoms with Crippen LogP contribution in [0.1, 0.15) is 26.3 Å². The second kappa shape index (κ2) is 15.3. The summed E-state index contributed by atoms with van der Waals surface area (Å²) < 4.78 is 22.2. The molecule has 2 amide bonds. The van der Waals surface area contributed by atoms with Gasteiger partial charge < -0.3 is 60.2 Å². The molecule has 9 atom stereocenters. The first-order valence-electron chi connectivity index (χ1n) is 12.6. The van der Waals surface area contributed by atoms with Crippen LogP contribution in [0.15, 0.2) is 18.2 Å². The third-order valence-corrected chi connectivity index (χ3v) is 6.33. The SMILES string of the molecule is COC1C(C(=O)NCCc2ccc(O)c(O)c2)OC(OC[C@H](NC(C)=O)C(C)OC(CO)[C@H](C)O)C(O)C1O. The van der Waals surface area contributed by atoms with Crippen molar-refractivity contribution in [3.8, 4) is 11.5 Å². The number of nitrogens with one attached hydrogen (secondary N) is 2. The fraction of sp³-hybridized carbons (Fsp3) is 0.680. The zero-order valence-corrected chi connectivity index (χ0v) is 22.4. The maximum Gasteiger partial charge on any atom is 0.252 e. The molecule has 7 unspecified atom stereocenters. The van der Waals surface area contributed by atoms with Crippen LogP contribution < -0.4 is 10.6 Å². The number of carbonyl (C=O) groups is 2. The highest BCUT2D eigenvalue weighted by molar-refractivity contribution is 5.81. The number of carbonyl (C=O) groups excluding carboxylic acids is 2. The lowest BCUT2D eigenvalue weighted by Gasteiger charge is -2.41. The van der Waals surface area contributed by atoms with Crippen molar-refractivity contribution in [3.63, 3.8) is 0 Å². The molecular weight excluding hydrogens is 520 g/mol. The van der Waals surface area contributed by atoms with Crippen molar-refractivity contribution in [1.29, 1.82) is 0 Å². The molecule has 14 nitrogen and oxygen atoms in total. The van der Waals surface area contributed by atoms with E-state index in [-0.39, 0.29) is 24.7 Å². The summed E-state index contributed by atoms with van der Waals surface area (Å²) in [6.45, 7) is 3.69. The van der Waals surface area contributed by atoms with Crippen LogP contribution in [0.4, 0.5) is 0 Å². The van der Waals surface area contributed by atoms with Gasteiger partial charge in [-0.15, -0.1) is 0 Å². The van der Waals surface area contributed by atoms with Crippen molar-refractivity contribution in [2.75, 3.05) is 26.9 Å². The summed E-state index contributed by atoms with van der Waals surface area (Å²) in [6, 6.07) is 3.46. The van der Waals surface area contributed by atoms with E-state index >= 15 is 0 Å². The molecule has 0 spiro atoms. The van der Waals surface area contributed by atoms with Crippen LogP contribution in [-0.2, 0) is 35.0 Å². The predicted octanol–water partition coefficient (Wildman–Crippen LogP) is -2.11. The lowest BCUT2D eigenvalue weighted by Crippen LogP contribution is -2.63. The largest absolute Gasteiger partial charge is 0.504 e. The Hall–Kier alpha value is -2.56. The van der Waals surface area contributed by atoms with E-state index in [0.717, 1.165) is 0 Å². The van der Waals surface area contributed by atoms with Gasteiger partial charge in [-0.1, -0.05) is 6.07 Å². The highest BCUT2D eigenvalue weighted by Crippen LogP contribution is 2.26. The number of phenols is 2. The minimum Gasteiger partial charge on any atom is -0.504 e. The van der Waals surface area contributed by atoms with E-state index in [4.69, 9.17) is 18.9 Å². The number of rotatable bonds is 14. The number of methoxy groups -OCH3 is 1. The number of ether oxygens (including phenoxy) is 4. The topological polar surface area (TPSA) is 216 Å². The molecule has 1 aliphatic heterocycles. The van der Waals surface area contributed by atoms with Gasteiger partial charge in [-0.2, -0.15) is 0 Å². The monoisotopic (exact) mass is 560 g/mol. The van der Waals surface area contributed by atoms with Gasteiger partial charge in [-0.05, 0) is 38.0 Å². The lowest BCUT2D eigenvalue weighted by molar-refractivity contribution is -0.296. The van der Waals surface area contributed by atoms with Crippen molar-refractivity contribution in [3.05, 3.63) is 23.8 Å². The van der Waals surface area contributed by atoms with Crippen LogP contribution in [0.3, 0.4) is 0 Å². The Labute approximate surface area is 226 Å². The van der Waals surface area contributed by atoms with Gasteiger partial charge in [0.2, 0.25) is 5.91 Å². The van der Waals surface area contributed by atoms with Crippen molar-refractivity contribution >= 4 is 11.8 Å². The maximum atomic E-state index is 12.9. The molecule has 1 fully saturated rings. The van der Waals surface area contributed by atoms with E-state index in [1.165, 1.54) is 33.1 Å². The quantitative estimate of drug-likeness (QED) is 0.115. The molecule has 14 heteroatoms. The van der Waals surface area contributed by atoms with E-state index < -0.39 is 73.5 Å². The molecule has 39 heavy (non-hydrogen) atoms. The molecule has 0 radical (unpaired) electrons. The number of amides is 2. The van der Waals surface area contributed by atoms with Crippen LogP contribution in [0, 0.1) is 0 Å². The number of aromatic hydroxyl groups is 2. The smallest absolute Gasteiger partial charge is 0.252 e. The number of aliphatic hydroxyl groups is 4. The van der Waals surface area contributed by atoms with Gasteiger partial charge in [0.15, 0.2) is 23.9 Å². The Morgan fingerprint density at radius 2 is 1.82 bits per heavy atom. The summed E-state index contributed by atoms with van der Waals surface area (Å²) >= 11 is 0. The van der Waals surface area contributed by atoms with Crippen LogP contribution in [0.2, 0.25) is 0 Å². The molecule has 0 saturated carbocycles. The number of aliphatic hydroxyl groups excluding tert-OH is 4. The standard InChI is InChI=1S/C25H40N2O12/c1-12(29)19(10-28)38-13(2)16(27-14(3)30)11-37-25-21(34)20(33)22(36-4)23(39-25)24(35)26-8-7-15-5-6-17(31)18(32)9-15/h5-6,9,12-13,16,19-23,25,28-29,31-34H,7-8,10-11H2,1-4H3,(H,26,35)(H,27,30)/t12-,13?,16-,19?,20?,21?,22?,23?,25?/m0/s1. The molecule has 0 aliphatic carbocycles. The fourth-order valence-corrected chi connectivity index (χ4v) is 4.04. The first-order valence-corrected chi connectivity index (χ1v) is 12.6. The Morgan fingerprint density at radius 1 is 1.13 bits per heavy atom. The predicted molar refractivity (Wildman–Crippen MR) is 135 cm³/mol. The normalized spacial score (nSPS) is 26.3. The molecule has 1 aliphatic rings. The third kappa shape index (κ3) is 9.25. The lowest BCUT2D eigenvalue weighted by atomic mass is 9.98. The third-order valence-electron chi connectivity index (χ3n) is 6.33. The van der Waals surface area contributed by atoms with Gasteiger partial charge in [-0.25, -0.2) is 0 Å². The molecule has 8 N–H and O–H groups in total. The highest BCUT2D eigenvalue weighted by atomic mass is 16.7. The summed E-state index contributed by atoms with van der Waals surface area (Å²) in [4.78, 5) is 24.6. The highest BCUT2D eigenvalue weighted by Gasteiger charge is 2.48. The van der Waals surface area contributed by atoms with Gasteiger partial charge in [0.1, 0.15) is 24.4 Å². The Bertz CT molecular complexity index is 932. The number of phenolic OH excluding ortho intramolecular Hbond substituents is 2. The zero-order chi connectivity index (χ0) is 29.3. The molecule has 1 aromatic carbocycles. The Kier molecular flexibility index (Phi) is 12.8. The summed E-state index contributed by atoms with van der Waals surface area (Å²) in [5.41, 5.74) is 0.648. The average molecular weight is 561 g/mol. The van der Waals surface area contributed by atoms with Crippen molar-refractivity contribution in [2.24, 2.45) is 0 Å². The van der Waals surface area contributed by atoms with Crippen LogP contribution >= 0.6 is 0 Å². The Morgan fingerprint density at radius 3 is 2.38 bits per heavy atom. The first kappa shape index (κ1) is 32.7. The van der Waals surface area contributed by atoms with Crippen LogP contribution in [0.5, 0.6) is 11.5 Å². The summed E-state index contributed by atoms with van der Waals surface area (Å²) in [6.07, 6.45) is -9.57. The van der Waals surface area contributed by atoms with Crippen LogP contribution in [-0.4, -0.2) is 124 Å². The fourth-order valence-electron chi connectivity index (χ4n) is 4.04. The first-order chi connectivity index (χ1) is 18.4. The minimum atomic E-state index is -1.60. The second-order valence-electron chi connectivity index (χ2n) is 9.41. The molecule has 0 bridgehead atoms. The van der Waals surface area contributed by atoms with E-state index in [0.29, 0.717) is 12.0 Å². The zero-order valence-electron chi connectivity index (χ0n) is 22.4. The summed E-state index contributed by atoms with van der Waals surface area (Å²) in [7, 11) is 1.25. The minimum absolute atomic E-state index is 0.123. The Balaban J connectivity index is 2.05. The van der Waals surface area contributed by atoms with Gasteiger partial charge in [-0.3, -0.25) is 9.59 Å². The van der Waals surface area contributed by atoms with Gasteiger partial charge in [0.25, 0.3) is 5.91 Å². The molecule has 222 valence electrons. The average Bonchev–Trinajstić information content (AvgIpc) is 2.88. The molecular formula is C25H40N2O12. The van der Waals surface area contributed by atoms with Gasteiger partial charge in [0.05, 0.1) is 31.5 Å². The molecule has 1 saturated heterocycles. The summed E-state index contributed by atoms with van der Waals surface area (Å²) in [5.74, 6) is -1.62. The van der Waals surface area contributed by atoms with Crippen molar-refractivity contribution < 1.29 is 59.2 Å². The molecule has 0 aromatic heterocycles. The number of hydrogen-bond acceptors (Lipinski definition) is 12. The van der Waals surface area contributed by atoms with E-state index in [9.17, 15) is 40.2 Å². The molecule has 1 aromatic rings. The van der Waals surface area contributed by atoms with Crippen molar-refractivity contribution in [2.45, 2.75) is 82.3 Å². The van der Waals surface area contributed by atoms with Gasteiger partial charge >= 0.3 is 0 Å². The summed E-state index contributed by atoms with van der Waals surface area (Å²) in [5, 5.41) is 64.7. The molecule has 2 rings (SSSR count). The molecule has 1 heterocycles. The van der Waals surface area contributed by atoms with Crippen LogP contribution in [0.25, 0.3) is 0 Å². The number of hydrogen-bond donors (Lipinski definition) is 8. The number of benzene rings is 1. The van der Waals surface area contributed by atoms with E-state index in [2.05, 4.69) is 10.6 Å². The van der Waals surface area contributed by atoms with E-state index in [1.807, 2.05) is 0 Å². The van der Waals surface area contributed by atoms with Crippen molar-refractivity contribution in [1.82, 2.24) is 10.6 Å².